The minimum Gasteiger partial charge on any atom is -0.370 e. The lowest BCUT2D eigenvalue weighted by Crippen LogP contribution is -2.50. The zero-order valence-electron chi connectivity index (χ0n) is 6.69. The van der Waals surface area contributed by atoms with E-state index in [2.05, 4.69) is 10.3 Å². The molecule has 0 aromatic rings. The summed E-state index contributed by atoms with van der Waals surface area (Å²) in [4.78, 5) is 17.3. The Labute approximate surface area is 69.9 Å². The Morgan fingerprint density at radius 1 is 1.75 bits per heavy atom. The van der Waals surface area contributed by atoms with Crippen molar-refractivity contribution in [2.45, 2.75) is 6.17 Å². The summed E-state index contributed by atoms with van der Waals surface area (Å²) in [6.07, 6.45) is 3.53. The van der Waals surface area contributed by atoms with E-state index in [4.69, 9.17) is 5.73 Å². The van der Waals surface area contributed by atoms with Crippen molar-refractivity contribution >= 4 is 11.9 Å². The first kappa shape index (κ1) is 7.15. The number of carbonyl (C=O) groups is 1. The highest BCUT2D eigenvalue weighted by molar-refractivity contribution is 6.00. The van der Waals surface area contributed by atoms with Crippen LogP contribution in [0.5, 0.6) is 0 Å². The quantitative estimate of drug-likeness (QED) is 0.476. The number of nitrogens with zero attached hydrogens (tertiary/aromatic N) is 2. The molecule has 1 amide bonds. The summed E-state index contributed by atoms with van der Waals surface area (Å²) < 4.78 is 0. The van der Waals surface area contributed by atoms with Gasteiger partial charge in [0.2, 0.25) is 5.91 Å². The molecule has 0 spiro atoms. The maximum atomic E-state index is 11.3. The summed E-state index contributed by atoms with van der Waals surface area (Å²) in [6, 6.07) is 0. The van der Waals surface area contributed by atoms with Gasteiger partial charge in [0.15, 0.2) is 5.96 Å². The smallest absolute Gasteiger partial charge is 0.237 e. The van der Waals surface area contributed by atoms with Gasteiger partial charge in [-0.3, -0.25) is 10.1 Å². The fourth-order valence-corrected chi connectivity index (χ4v) is 1.45. The van der Waals surface area contributed by atoms with Crippen LogP contribution in [0, 0.1) is 5.92 Å². The molecular formula is C7H10N4O. The van der Waals surface area contributed by atoms with Crippen LogP contribution in [0.25, 0.3) is 0 Å². The van der Waals surface area contributed by atoms with E-state index in [0.717, 1.165) is 0 Å². The Hall–Kier alpha value is -1.52. The second-order valence-electron chi connectivity index (χ2n) is 2.95. The van der Waals surface area contributed by atoms with Crippen LogP contribution in [0.1, 0.15) is 0 Å². The summed E-state index contributed by atoms with van der Waals surface area (Å²) in [6.45, 7) is 0. The van der Waals surface area contributed by atoms with Gasteiger partial charge in [-0.25, -0.2) is 4.99 Å². The molecule has 5 heteroatoms. The Bertz CT molecular complexity index is 283. The van der Waals surface area contributed by atoms with Crippen molar-refractivity contribution in [1.29, 1.82) is 0 Å². The fraction of sp³-hybridized carbons (Fsp3) is 0.429. The van der Waals surface area contributed by atoms with Crippen molar-refractivity contribution in [1.82, 2.24) is 10.2 Å². The molecular weight excluding hydrogens is 156 g/mol. The molecule has 0 aromatic heterocycles. The number of nitrogens with two attached hydrogens (primary N) is 1. The molecule has 0 saturated heterocycles. The van der Waals surface area contributed by atoms with Crippen molar-refractivity contribution in [3.8, 4) is 0 Å². The van der Waals surface area contributed by atoms with E-state index in [1.807, 2.05) is 24.2 Å². The van der Waals surface area contributed by atoms with Crippen LogP contribution < -0.4 is 11.1 Å². The van der Waals surface area contributed by atoms with Crippen LogP contribution in [0.4, 0.5) is 0 Å². The Morgan fingerprint density at radius 3 is 3.25 bits per heavy atom. The van der Waals surface area contributed by atoms with E-state index < -0.39 is 0 Å². The number of hydrogen-bond donors (Lipinski definition) is 2. The number of aliphatic imine (C=N–C) groups is 1. The van der Waals surface area contributed by atoms with Crippen LogP contribution in [0.3, 0.4) is 0 Å². The van der Waals surface area contributed by atoms with Gasteiger partial charge in [-0.1, -0.05) is 6.08 Å². The SMILES string of the molecule is CN1C=CC2C(=O)NC(N)=NC21. The molecule has 0 saturated carbocycles. The van der Waals surface area contributed by atoms with Gasteiger partial charge in [-0.15, -0.1) is 0 Å². The molecule has 0 bridgehead atoms. The molecule has 2 atom stereocenters. The van der Waals surface area contributed by atoms with E-state index in [1.54, 1.807) is 0 Å². The standard InChI is InChI=1S/C7H10N4O/c1-11-3-2-4-5(11)9-7(8)10-6(4)12/h2-5H,1H3,(H3,8,9,10,12). The number of carbonyl (C=O) groups excluding carboxylic acids is 1. The highest BCUT2D eigenvalue weighted by atomic mass is 16.2. The minimum absolute atomic E-state index is 0.0758. The van der Waals surface area contributed by atoms with Crippen LogP contribution in [0.2, 0.25) is 0 Å². The van der Waals surface area contributed by atoms with E-state index in [9.17, 15) is 4.79 Å². The van der Waals surface area contributed by atoms with Gasteiger partial charge in [0.05, 0.1) is 5.92 Å². The topological polar surface area (TPSA) is 70.7 Å². The molecule has 0 fully saturated rings. The maximum Gasteiger partial charge on any atom is 0.237 e. The molecule has 12 heavy (non-hydrogen) atoms. The molecule has 0 aliphatic carbocycles. The minimum atomic E-state index is -0.178. The highest BCUT2D eigenvalue weighted by Crippen LogP contribution is 2.22. The monoisotopic (exact) mass is 166 g/mol. The first-order chi connectivity index (χ1) is 5.68. The molecule has 2 heterocycles. The van der Waals surface area contributed by atoms with Gasteiger partial charge in [0, 0.05) is 7.05 Å². The molecule has 2 aliphatic rings. The summed E-state index contributed by atoms with van der Waals surface area (Å²) >= 11 is 0. The van der Waals surface area contributed by atoms with E-state index >= 15 is 0 Å². The highest BCUT2D eigenvalue weighted by Gasteiger charge is 2.35. The second kappa shape index (κ2) is 2.23. The molecule has 5 nitrogen and oxygen atoms in total. The lowest BCUT2D eigenvalue weighted by molar-refractivity contribution is -0.123. The summed E-state index contributed by atoms with van der Waals surface area (Å²) in [5.41, 5.74) is 5.41. The Kier molecular flexibility index (Phi) is 1.33. The van der Waals surface area contributed by atoms with Crippen LogP contribution in [-0.2, 0) is 4.79 Å². The van der Waals surface area contributed by atoms with Gasteiger partial charge in [0.1, 0.15) is 6.17 Å². The van der Waals surface area contributed by atoms with Crippen molar-refractivity contribution in [2.24, 2.45) is 16.6 Å². The van der Waals surface area contributed by atoms with E-state index in [-0.39, 0.29) is 24.0 Å². The Morgan fingerprint density at radius 2 is 2.50 bits per heavy atom. The third-order valence-corrected chi connectivity index (χ3v) is 2.09. The number of hydrogen-bond acceptors (Lipinski definition) is 4. The van der Waals surface area contributed by atoms with Crippen LogP contribution in [0.15, 0.2) is 17.3 Å². The molecule has 2 rings (SSSR count). The molecule has 0 aromatic carbocycles. The molecule has 2 aliphatic heterocycles. The van der Waals surface area contributed by atoms with Crippen molar-refractivity contribution in [3.05, 3.63) is 12.3 Å². The lowest BCUT2D eigenvalue weighted by Gasteiger charge is -2.26. The fourth-order valence-electron chi connectivity index (χ4n) is 1.45. The number of nitrogens with one attached hydrogen (secondary N) is 1. The van der Waals surface area contributed by atoms with Gasteiger partial charge in [-0.2, -0.15) is 0 Å². The first-order valence-electron chi connectivity index (χ1n) is 3.73. The third kappa shape index (κ3) is 0.861. The normalized spacial score (nSPS) is 32.9. The predicted octanol–water partition coefficient (Wildman–Crippen LogP) is -1.17. The van der Waals surface area contributed by atoms with Crippen molar-refractivity contribution in [2.75, 3.05) is 7.05 Å². The third-order valence-electron chi connectivity index (χ3n) is 2.09. The first-order valence-corrected chi connectivity index (χ1v) is 3.73. The summed E-state index contributed by atoms with van der Waals surface area (Å²) in [7, 11) is 1.87. The zero-order chi connectivity index (χ0) is 8.72. The van der Waals surface area contributed by atoms with Crippen LogP contribution in [-0.4, -0.2) is 30.0 Å². The van der Waals surface area contributed by atoms with E-state index in [1.165, 1.54) is 0 Å². The molecule has 2 unspecified atom stereocenters. The molecule has 0 radical (unpaired) electrons. The largest absolute Gasteiger partial charge is 0.370 e. The summed E-state index contributed by atoms with van der Waals surface area (Å²) in [5, 5.41) is 2.48. The lowest BCUT2D eigenvalue weighted by atomic mass is 10.1. The van der Waals surface area contributed by atoms with Crippen molar-refractivity contribution in [3.63, 3.8) is 0 Å². The molecule has 3 N–H and O–H groups in total. The predicted molar refractivity (Wildman–Crippen MR) is 43.9 cm³/mol. The van der Waals surface area contributed by atoms with E-state index in [0.29, 0.717) is 0 Å². The average Bonchev–Trinajstić information content (AvgIpc) is 2.33. The second-order valence-corrected chi connectivity index (χ2v) is 2.95. The van der Waals surface area contributed by atoms with Crippen LogP contribution >= 0.6 is 0 Å². The molecule has 64 valence electrons. The number of rotatable bonds is 0. The summed E-state index contributed by atoms with van der Waals surface area (Å²) in [5.74, 6) is -0.0489. The number of amides is 1. The van der Waals surface area contributed by atoms with Gasteiger partial charge in [-0.05, 0) is 6.20 Å². The van der Waals surface area contributed by atoms with Gasteiger partial charge >= 0.3 is 0 Å². The van der Waals surface area contributed by atoms with Gasteiger partial charge < -0.3 is 10.6 Å². The van der Waals surface area contributed by atoms with Gasteiger partial charge in [0.25, 0.3) is 0 Å². The maximum absolute atomic E-state index is 11.3. The number of guanidine groups is 1. The van der Waals surface area contributed by atoms with Crippen molar-refractivity contribution < 1.29 is 4.79 Å². The zero-order valence-corrected chi connectivity index (χ0v) is 6.69. The number of fused-ring (bicyclic) bond motifs is 1. The average molecular weight is 166 g/mol. The Balaban J connectivity index is 2.32.